The van der Waals surface area contributed by atoms with Crippen LogP contribution >= 0.6 is 0 Å². The molecule has 1 fully saturated rings. The summed E-state index contributed by atoms with van der Waals surface area (Å²) < 4.78 is 0. The Balaban J connectivity index is 1.47. The predicted molar refractivity (Wildman–Crippen MR) is 135 cm³/mol. The van der Waals surface area contributed by atoms with Crippen LogP contribution in [0.15, 0.2) is 24.5 Å². The van der Waals surface area contributed by atoms with Gasteiger partial charge < -0.3 is 35.9 Å². The van der Waals surface area contributed by atoms with Gasteiger partial charge in [0, 0.05) is 32.2 Å². The summed E-state index contributed by atoms with van der Waals surface area (Å²) in [5.74, 6) is -2.64. The third-order valence-electron chi connectivity index (χ3n) is 5.76. The van der Waals surface area contributed by atoms with Gasteiger partial charge in [0.1, 0.15) is 24.4 Å². The number of carbonyl (C=O) groups excluding carboxylic acids is 5. The molecule has 0 bridgehead atoms. The van der Waals surface area contributed by atoms with Crippen molar-refractivity contribution in [2.24, 2.45) is 0 Å². The van der Waals surface area contributed by atoms with Crippen LogP contribution in [-0.4, -0.2) is 111 Å². The maximum Gasteiger partial charge on any atom is 0.257 e. The molecular formula is C23H37N7O10. The van der Waals surface area contributed by atoms with Crippen molar-refractivity contribution in [3.8, 4) is 0 Å². The van der Waals surface area contributed by atoms with E-state index < -0.39 is 61.6 Å². The third kappa shape index (κ3) is 11.6. The monoisotopic (exact) mass is 571 g/mol. The first-order valence-electron chi connectivity index (χ1n) is 12.6. The molecule has 4 atom stereocenters. The van der Waals surface area contributed by atoms with Crippen molar-refractivity contribution in [2.45, 2.75) is 63.4 Å². The molecule has 9 N–H and O–H groups in total. The summed E-state index contributed by atoms with van der Waals surface area (Å²) in [6.07, 6.45) is 0.0183. The van der Waals surface area contributed by atoms with E-state index in [2.05, 4.69) is 33.4 Å². The molecule has 2 rings (SSSR count). The van der Waals surface area contributed by atoms with Crippen LogP contribution in [0.4, 0.5) is 0 Å². The van der Waals surface area contributed by atoms with Crippen molar-refractivity contribution in [2.75, 3.05) is 26.2 Å². The number of aliphatic hydroxyl groups is 4. The Morgan fingerprint density at radius 1 is 0.950 bits per heavy atom. The number of hydroxylamine groups is 2. The number of rotatable bonds is 16. The highest BCUT2D eigenvalue weighted by molar-refractivity contribution is 5.89. The van der Waals surface area contributed by atoms with E-state index in [4.69, 9.17) is 4.84 Å². The second-order valence-corrected chi connectivity index (χ2v) is 9.01. The van der Waals surface area contributed by atoms with Crippen LogP contribution in [0.1, 0.15) is 38.5 Å². The molecule has 2 aliphatic rings. The molecule has 17 heteroatoms. The number of hydrogen-bond acceptors (Lipinski definition) is 12. The van der Waals surface area contributed by atoms with E-state index in [0.717, 1.165) is 5.06 Å². The lowest BCUT2D eigenvalue weighted by atomic mass is 10.2. The Morgan fingerprint density at radius 3 is 2.17 bits per heavy atom. The van der Waals surface area contributed by atoms with Crippen molar-refractivity contribution >= 4 is 29.5 Å². The molecule has 0 aliphatic carbocycles. The number of amides is 5. The Bertz CT molecular complexity index is 950. The van der Waals surface area contributed by atoms with Crippen LogP contribution in [0.25, 0.3) is 0 Å². The lowest BCUT2D eigenvalue weighted by Gasteiger charge is -2.23. The van der Waals surface area contributed by atoms with Gasteiger partial charge in [-0.15, -0.1) is 5.06 Å². The summed E-state index contributed by atoms with van der Waals surface area (Å²) in [6, 6.07) is 0. The average molecular weight is 572 g/mol. The van der Waals surface area contributed by atoms with Crippen molar-refractivity contribution in [1.82, 2.24) is 36.8 Å². The number of hydrazine groups is 1. The zero-order valence-corrected chi connectivity index (χ0v) is 21.9. The molecule has 0 radical (unpaired) electrons. The van der Waals surface area contributed by atoms with Crippen LogP contribution in [0.3, 0.4) is 0 Å². The molecule has 0 saturated carbocycles. The lowest BCUT2D eigenvalue weighted by molar-refractivity contribution is -0.201. The molecule has 224 valence electrons. The van der Waals surface area contributed by atoms with Gasteiger partial charge in [0.05, 0.1) is 19.6 Å². The quantitative estimate of drug-likeness (QED) is 0.0370. The minimum atomic E-state index is -1.03. The molecule has 5 amide bonds. The summed E-state index contributed by atoms with van der Waals surface area (Å²) in [5, 5.41) is 46.9. The zero-order chi connectivity index (χ0) is 29.7. The van der Waals surface area contributed by atoms with Gasteiger partial charge in [0.15, 0.2) is 6.23 Å². The molecule has 0 aromatic heterocycles. The van der Waals surface area contributed by atoms with Crippen LogP contribution in [0.2, 0.25) is 0 Å². The summed E-state index contributed by atoms with van der Waals surface area (Å²) in [7, 11) is 0. The van der Waals surface area contributed by atoms with E-state index in [1.807, 2.05) is 0 Å². The standard InChI is InChI=1S/C23H37N7O10/c1-14(40-30-22(38)7-8-23(30)39)3-2-4-15(31)24-11-17(33)25-12-18(34)26-13-19(35)28-27-16(32)9-10-29-20(36)5-6-21(29)37/h5-6,15,20-22,24,31,36-38H,1-4,7-13H2,(H,25,33)(H,26,34)(H,27,32)(H,28,35)/t15-,20-,21+,22-/m1/s1. The maximum absolute atomic E-state index is 11.9. The Kier molecular flexibility index (Phi) is 13.4. The predicted octanol–water partition coefficient (Wildman–Crippen LogP) is -4.27. The topological polar surface area (TPSA) is 242 Å². The van der Waals surface area contributed by atoms with E-state index in [-0.39, 0.29) is 50.4 Å². The van der Waals surface area contributed by atoms with E-state index in [1.165, 1.54) is 17.1 Å². The van der Waals surface area contributed by atoms with Gasteiger partial charge in [-0.2, -0.15) is 0 Å². The summed E-state index contributed by atoms with van der Waals surface area (Å²) in [4.78, 5) is 65.3. The number of aliphatic hydroxyl groups excluding tert-OH is 4. The normalized spacial score (nSPS) is 21.1. The first kappa shape index (κ1) is 32.6. The highest BCUT2D eigenvalue weighted by Crippen LogP contribution is 2.20. The average Bonchev–Trinajstić information content (AvgIpc) is 3.41. The van der Waals surface area contributed by atoms with Crippen molar-refractivity contribution in [1.29, 1.82) is 0 Å². The fourth-order valence-corrected chi connectivity index (χ4v) is 3.55. The van der Waals surface area contributed by atoms with Crippen molar-refractivity contribution in [3.05, 3.63) is 24.5 Å². The number of carbonyl (C=O) groups is 5. The second kappa shape index (κ2) is 16.5. The van der Waals surface area contributed by atoms with Crippen LogP contribution in [-0.2, 0) is 28.8 Å². The molecule has 40 heavy (non-hydrogen) atoms. The SMILES string of the molecule is C=C(CCC[C@@H](O)NCC(=O)NCC(=O)NCC(=O)NNC(=O)CCN1[C@H](O)C=C[C@@H]1O)ON1C(=O)CC[C@H]1O. The Morgan fingerprint density at radius 2 is 1.55 bits per heavy atom. The highest BCUT2D eigenvalue weighted by atomic mass is 16.7. The zero-order valence-electron chi connectivity index (χ0n) is 21.9. The second-order valence-electron chi connectivity index (χ2n) is 9.01. The summed E-state index contributed by atoms with van der Waals surface area (Å²) >= 11 is 0. The molecule has 0 aromatic rings. The third-order valence-corrected chi connectivity index (χ3v) is 5.76. The number of hydrogen-bond donors (Lipinski definition) is 9. The smallest absolute Gasteiger partial charge is 0.257 e. The first-order valence-corrected chi connectivity index (χ1v) is 12.6. The minimum Gasteiger partial charge on any atom is -0.379 e. The van der Waals surface area contributed by atoms with E-state index in [9.17, 15) is 44.4 Å². The van der Waals surface area contributed by atoms with Gasteiger partial charge in [-0.05, 0) is 25.0 Å². The maximum atomic E-state index is 11.9. The Labute approximate surface area is 230 Å². The molecule has 0 unspecified atom stereocenters. The largest absolute Gasteiger partial charge is 0.379 e. The minimum absolute atomic E-state index is 0.0396. The van der Waals surface area contributed by atoms with Crippen molar-refractivity contribution in [3.63, 3.8) is 0 Å². The number of allylic oxidation sites excluding steroid dienone is 1. The number of nitrogens with one attached hydrogen (secondary N) is 5. The highest BCUT2D eigenvalue weighted by Gasteiger charge is 2.31. The van der Waals surface area contributed by atoms with E-state index >= 15 is 0 Å². The van der Waals surface area contributed by atoms with Crippen LogP contribution in [0, 0.1) is 0 Å². The first-order chi connectivity index (χ1) is 19.0. The fraction of sp³-hybridized carbons (Fsp3) is 0.609. The molecule has 1 saturated heterocycles. The molecule has 17 nitrogen and oxygen atoms in total. The fourth-order valence-electron chi connectivity index (χ4n) is 3.55. The van der Waals surface area contributed by atoms with Crippen molar-refractivity contribution < 1.29 is 49.2 Å². The van der Waals surface area contributed by atoms with Gasteiger partial charge >= 0.3 is 0 Å². The molecule has 0 aromatic carbocycles. The molecule has 2 heterocycles. The van der Waals surface area contributed by atoms with Gasteiger partial charge in [-0.25, -0.2) is 4.90 Å². The van der Waals surface area contributed by atoms with Gasteiger partial charge in [-0.1, -0.05) is 6.58 Å². The van der Waals surface area contributed by atoms with E-state index in [1.54, 1.807) is 0 Å². The van der Waals surface area contributed by atoms with Gasteiger partial charge in [0.25, 0.3) is 11.8 Å². The molecular weight excluding hydrogens is 534 g/mol. The Hall–Kier alpha value is -3.61. The van der Waals surface area contributed by atoms with Crippen LogP contribution < -0.4 is 26.8 Å². The molecule has 0 spiro atoms. The number of nitrogens with zero attached hydrogens (tertiary/aromatic N) is 2. The van der Waals surface area contributed by atoms with Gasteiger partial charge in [-0.3, -0.25) is 40.1 Å². The van der Waals surface area contributed by atoms with Gasteiger partial charge in [0.2, 0.25) is 17.7 Å². The lowest BCUT2D eigenvalue weighted by Crippen LogP contribution is -2.49. The summed E-state index contributed by atoms with van der Waals surface area (Å²) in [5.41, 5.74) is 4.24. The van der Waals surface area contributed by atoms with E-state index in [0.29, 0.717) is 12.8 Å². The summed E-state index contributed by atoms with van der Waals surface area (Å²) in [6.45, 7) is 2.53. The molecule has 2 aliphatic heterocycles. The van der Waals surface area contributed by atoms with Crippen LogP contribution in [0.5, 0.6) is 0 Å².